The summed E-state index contributed by atoms with van der Waals surface area (Å²) in [5, 5.41) is 9.92. The van der Waals surface area contributed by atoms with E-state index in [2.05, 4.69) is 15.9 Å². The zero-order chi connectivity index (χ0) is 12.3. The van der Waals surface area contributed by atoms with E-state index in [4.69, 9.17) is 16.3 Å². The summed E-state index contributed by atoms with van der Waals surface area (Å²) in [5.41, 5.74) is 0.961. The Morgan fingerprint density at radius 1 is 1.18 bits per heavy atom. The molecule has 0 unspecified atom stereocenters. The van der Waals surface area contributed by atoms with Crippen molar-refractivity contribution in [3.05, 3.63) is 57.5 Å². The van der Waals surface area contributed by atoms with E-state index in [1.807, 2.05) is 18.2 Å². The first-order valence-corrected chi connectivity index (χ1v) is 6.18. The van der Waals surface area contributed by atoms with Crippen molar-refractivity contribution >= 4 is 27.5 Å². The number of phenolic OH excluding ortho intramolecular Hbond substituents is 1. The molecule has 0 radical (unpaired) electrons. The highest BCUT2D eigenvalue weighted by molar-refractivity contribution is 9.10. The summed E-state index contributed by atoms with van der Waals surface area (Å²) in [6.07, 6.45) is 0. The van der Waals surface area contributed by atoms with Crippen LogP contribution in [0.5, 0.6) is 11.5 Å². The summed E-state index contributed by atoms with van der Waals surface area (Å²) in [4.78, 5) is 0. The van der Waals surface area contributed by atoms with E-state index in [9.17, 15) is 5.11 Å². The van der Waals surface area contributed by atoms with Crippen LogP contribution in [0.1, 0.15) is 5.56 Å². The van der Waals surface area contributed by atoms with Crippen LogP contribution >= 0.6 is 27.5 Å². The van der Waals surface area contributed by atoms with Crippen LogP contribution in [0, 0.1) is 0 Å². The minimum Gasteiger partial charge on any atom is -0.508 e. The van der Waals surface area contributed by atoms with Crippen molar-refractivity contribution in [2.75, 3.05) is 0 Å². The normalized spacial score (nSPS) is 10.2. The molecule has 0 aliphatic heterocycles. The van der Waals surface area contributed by atoms with E-state index in [1.54, 1.807) is 24.3 Å². The van der Waals surface area contributed by atoms with Crippen LogP contribution in [0.3, 0.4) is 0 Å². The van der Waals surface area contributed by atoms with Crippen LogP contribution in [0.25, 0.3) is 0 Å². The third-order valence-corrected chi connectivity index (χ3v) is 3.20. The SMILES string of the molecule is Oc1ccc(COc2cccc(Cl)c2)c(Br)c1. The van der Waals surface area contributed by atoms with Gasteiger partial charge in [-0.05, 0) is 30.3 Å². The number of hydrogen-bond donors (Lipinski definition) is 1. The topological polar surface area (TPSA) is 29.5 Å². The predicted octanol–water partition coefficient (Wildman–Crippen LogP) is 4.39. The summed E-state index contributed by atoms with van der Waals surface area (Å²) < 4.78 is 6.42. The fourth-order valence-electron chi connectivity index (χ4n) is 1.37. The van der Waals surface area contributed by atoms with Crippen molar-refractivity contribution in [3.8, 4) is 11.5 Å². The van der Waals surface area contributed by atoms with E-state index < -0.39 is 0 Å². The lowest BCUT2D eigenvalue weighted by molar-refractivity contribution is 0.305. The molecular weight excluding hydrogens is 303 g/mol. The molecule has 2 rings (SSSR count). The van der Waals surface area contributed by atoms with Crippen LogP contribution in [-0.4, -0.2) is 5.11 Å². The number of aromatic hydroxyl groups is 1. The van der Waals surface area contributed by atoms with Gasteiger partial charge in [0.2, 0.25) is 0 Å². The molecule has 0 spiro atoms. The van der Waals surface area contributed by atoms with Gasteiger partial charge in [-0.2, -0.15) is 0 Å². The Morgan fingerprint density at radius 2 is 2.00 bits per heavy atom. The molecule has 2 aromatic rings. The molecule has 0 amide bonds. The Balaban J connectivity index is 2.07. The van der Waals surface area contributed by atoms with E-state index in [0.717, 1.165) is 15.8 Å². The van der Waals surface area contributed by atoms with Crippen LogP contribution in [-0.2, 0) is 6.61 Å². The monoisotopic (exact) mass is 312 g/mol. The molecule has 0 heterocycles. The molecule has 0 aliphatic rings. The lowest BCUT2D eigenvalue weighted by atomic mass is 10.2. The van der Waals surface area contributed by atoms with Gasteiger partial charge in [-0.3, -0.25) is 0 Å². The lowest BCUT2D eigenvalue weighted by Crippen LogP contribution is -1.96. The third-order valence-electron chi connectivity index (χ3n) is 2.23. The van der Waals surface area contributed by atoms with Crippen LogP contribution < -0.4 is 4.74 Å². The number of hydrogen-bond acceptors (Lipinski definition) is 2. The number of ether oxygens (including phenoxy) is 1. The van der Waals surface area contributed by atoms with Gasteiger partial charge in [-0.15, -0.1) is 0 Å². The van der Waals surface area contributed by atoms with Gasteiger partial charge in [0.1, 0.15) is 18.1 Å². The third kappa shape index (κ3) is 3.38. The van der Waals surface area contributed by atoms with Gasteiger partial charge in [0.25, 0.3) is 0 Å². The molecule has 0 saturated carbocycles. The fraction of sp³-hybridized carbons (Fsp3) is 0.0769. The first kappa shape index (κ1) is 12.3. The highest BCUT2D eigenvalue weighted by atomic mass is 79.9. The molecule has 0 atom stereocenters. The Kier molecular flexibility index (Phi) is 3.92. The Bertz CT molecular complexity index is 529. The molecule has 0 aliphatic carbocycles. The first-order valence-electron chi connectivity index (χ1n) is 5.01. The van der Waals surface area contributed by atoms with Crippen LogP contribution in [0.4, 0.5) is 0 Å². The summed E-state index contributed by atoms with van der Waals surface area (Å²) in [6.45, 7) is 0.418. The zero-order valence-electron chi connectivity index (χ0n) is 8.86. The molecule has 4 heteroatoms. The summed E-state index contributed by atoms with van der Waals surface area (Å²) >= 11 is 9.23. The highest BCUT2D eigenvalue weighted by Gasteiger charge is 2.02. The maximum absolute atomic E-state index is 9.27. The minimum absolute atomic E-state index is 0.225. The van der Waals surface area contributed by atoms with Crippen LogP contribution in [0.2, 0.25) is 5.02 Å². The fourth-order valence-corrected chi connectivity index (χ4v) is 2.03. The van der Waals surface area contributed by atoms with Gasteiger partial charge in [0, 0.05) is 15.1 Å². The van der Waals surface area contributed by atoms with Gasteiger partial charge in [0.05, 0.1) is 0 Å². The van der Waals surface area contributed by atoms with E-state index in [-0.39, 0.29) is 5.75 Å². The number of halogens is 2. The molecule has 2 aromatic carbocycles. The molecule has 0 bridgehead atoms. The molecule has 0 aromatic heterocycles. The Labute approximate surface area is 113 Å². The van der Waals surface area contributed by atoms with E-state index in [1.165, 1.54) is 0 Å². The van der Waals surface area contributed by atoms with E-state index in [0.29, 0.717) is 11.6 Å². The van der Waals surface area contributed by atoms with Gasteiger partial charge in [-0.1, -0.05) is 39.7 Å². The second-order valence-corrected chi connectivity index (χ2v) is 4.81. The molecule has 17 heavy (non-hydrogen) atoms. The van der Waals surface area contributed by atoms with Crippen molar-refractivity contribution < 1.29 is 9.84 Å². The average Bonchev–Trinajstić information content (AvgIpc) is 2.28. The Hall–Kier alpha value is -1.19. The second-order valence-electron chi connectivity index (χ2n) is 3.52. The average molecular weight is 314 g/mol. The maximum Gasteiger partial charge on any atom is 0.121 e. The molecule has 0 saturated heterocycles. The van der Waals surface area contributed by atoms with Crippen molar-refractivity contribution in [1.29, 1.82) is 0 Å². The predicted molar refractivity (Wildman–Crippen MR) is 71.6 cm³/mol. The van der Waals surface area contributed by atoms with Crippen molar-refractivity contribution in [3.63, 3.8) is 0 Å². The lowest BCUT2D eigenvalue weighted by Gasteiger charge is -2.08. The smallest absolute Gasteiger partial charge is 0.121 e. The van der Waals surface area contributed by atoms with Crippen molar-refractivity contribution in [2.24, 2.45) is 0 Å². The van der Waals surface area contributed by atoms with Crippen LogP contribution in [0.15, 0.2) is 46.9 Å². The maximum atomic E-state index is 9.27. The molecule has 88 valence electrons. The largest absolute Gasteiger partial charge is 0.508 e. The molecule has 0 fully saturated rings. The van der Waals surface area contributed by atoms with Gasteiger partial charge < -0.3 is 9.84 Å². The molecule has 2 nitrogen and oxygen atoms in total. The van der Waals surface area contributed by atoms with Gasteiger partial charge in [0.15, 0.2) is 0 Å². The Morgan fingerprint density at radius 3 is 2.71 bits per heavy atom. The van der Waals surface area contributed by atoms with E-state index >= 15 is 0 Å². The van der Waals surface area contributed by atoms with Crippen molar-refractivity contribution in [2.45, 2.75) is 6.61 Å². The summed E-state index contributed by atoms with van der Waals surface area (Å²) in [5.74, 6) is 0.945. The standard InChI is InChI=1S/C13H10BrClO2/c14-13-7-11(16)5-4-9(13)8-17-12-3-1-2-10(15)6-12/h1-7,16H,8H2. The van der Waals surface area contributed by atoms with Gasteiger partial charge in [-0.25, -0.2) is 0 Å². The highest BCUT2D eigenvalue weighted by Crippen LogP contribution is 2.24. The molecule has 1 N–H and O–H groups in total. The van der Waals surface area contributed by atoms with Gasteiger partial charge >= 0.3 is 0 Å². The number of benzene rings is 2. The minimum atomic E-state index is 0.225. The summed E-state index contributed by atoms with van der Waals surface area (Å²) in [6, 6.07) is 12.3. The number of rotatable bonds is 3. The molecular formula is C13H10BrClO2. The number of phenols is 1. The zero-order valence-corrected chi connectivity index (χ0v) is 11.2. The summed E-state index contributed by atoms with van der Waals surface area (Å²) in [7, 11) is 0. The first-order chi connectivity index (χ1) is 8.15. The van der Waals surface area contributed by atoms with Crippen molar-refractivity contribution in [1.82, 2.24) is 0 Å². The second kappa shape index (κ2) is 5.43. The quantitative estimate of drug-likeness (QED) is 0.911.